The molecule has 0 saturated carbocycles. The molecular weight excluding hydrogens is 320 g/mol. The fourth-order valence-corrected chi connectivity index (χ4v) is 2.94. The second kappa shape index (κ2) is 8.44. The minimum atomic E-state index is -0.291. The Bertz CT molecular complexity index is 529. The molecule has 0 radical (unpaired) electrons. The van der Waals surface area contributed by atoms with Crippen LogP contribution in [0.15, 0.2) is 29.2 Å². The molecule has 0 atom stereocenters. The third-order valence-corrected chi connectivity index (χ3v) is 4.25. The molecule has 0 heterocycles. The lowest BCUT2D eigenvalue weighted by Crippen LogP contribution is -2.46. The van der Waals surface area contributed by atoms with Crippen LogP contribution in [0, 0.1) is 0 Å². The van der Waals surface area contributed by atoms with Crippen molar-refractivity contribution in [1.29, 1.82) is 0 Å². The van der Waals surface area contributed by atoms with Crippen LogP contribution in [0.25, 0.3) is 0 Å². The van der Waals surface area contributed by atoms with Gasteiger partial charge < -0.3 is 10.2 Å². The Morgan fingerprint density at radius 2 is 1.91 bits per heavy atom. The molecule has 1 N–H and O–H groups in total. The van der Waals surface area contributed by atoms with Crippen molar-refractivity contribution in [2.75, 3.05) is 19.3 Å². The number of nitrogens with zero attached hydrogens (tertiary/aromatic N) is 1. The first-order valence-electron chi connectivity index (χ1n) is 7.11. The van der Waals surface area contributed by atoms with E-state index in [2.05, 4.69) is 5.32 Å². The monoisotopic (exact) mass is 342 g/mol. The molecule has 0 fully saturated rings. The highest BCUT2D eigenvalue weighted by Gasteiger charge is 2.17. The highest BCUT2D eigenvalue weighted by Crippen LogP contribution is 2.26. The minimum absolute atomic E-state index is 0.0522. The molecule has 6 heteroatoms. The molecule has 0 bridgehead atoms. The first kappa shape index (κ1) is 18.8. The first-order valence-corrected chi connectivity index (χ1v) is 8.48. The smallest absolute Gasteiger partial charge is 0.240 e. The quantitative estimate of drug-likeness (QED) is 0.808. The Morgan fingerprint density at radius 3 is 2.50 bits per heavy atom. The lowest BCUT2D eigenvalue weighted by molar-refractivity contribution is -0.134. The molecule has 1 aromatic carbocycles. The van der Waals surface area contributed by atoms with Gasteiger partial charge in [0.1, 0.15) is 0 Å². The fraction of sp³-hybridized carbons (Fsp3) is 0.500. The summed E-state index contributed by atoms with van der Waals surface area (Å²) in [6, 6.07) is 7.55. The highest BCUT2D eigenvalue weighted by molar-refractivity contribution is 7.99. The Hall–Kier alpha value is -1.20. The van der Waals surface area contributed by atoms with Crippen LogP contribution in [0.5, 0.6) is 0 Å². The van der Waals surface area contributed by atoms with Crippen molar-refractivity contribution in [2.45, 2.75) is 37.6 Å². The Labute approximate surface area is 141 Å². The molecule has 0 saturated heterocycles. The summed E-state index contributed by atoms with van der Waals surface area (Å²) >= 11 is 7.61. The van der Waals surface area contributed by atoms with Crippen molar-refractivity contribution in [3.63, 3.8) is 0 Å². The van der Waals surface area contributed by atoms with Crippen LogP contribution < -0.4 is 5.32 Å². The van der Waals surface area contributed by atoms with Crippen molar-refractivity contribution in [3.8, 4) is 0 Å². The van der Waals surface area contributed by atoms with Crippen molar-refractivity contribution < 1.29 is 9.59 Å². The van der Waals surface area contributed by atoms with Crippen molar-refractivity contribution in [2.24, 2.45) is 0 Å². The van der Waals surface area contributed by atoms with Crippen molar-refractivity contribution in [1.82, 2.24) is 10.2 Å². The van der Waals surface area contributed by atoms with Gasteiger partial charge in [0.2, 0.25) is 11.8 Å². The lowest BCUT2D eigenvalue weighted by atomic mass is 10.1. The summed E-state index contributed by atoms with van der Waals surface area (Å²) in [7, 11) is 1.64. The molecule has 1 aromatic rings. The van der Waals surface area contributed by atoms with Gasteiger partial charge in [0, 0.05) is 29.7 Å². The molecule has 0 spiro atoms. The topological polar surface area (TPSA) is 49.4 Å². The van der Waals surface area contributed by atoms with Gasteiger partial charge in [0.25, 0.3) is 0 Å². The van der Waals surface area contributed by atoms with Crippen LogP contribution in [0.1, 0.15) is 27.2 Å². The number of benzene rings is 1. The van der Waals surface area contributed by atoms with Gasteiger partial charge in [0.15, 0.2) is 0 Å². The van der Waals surface area contributed by atoms with E-state index >= 15 is 0 Å². The molecule has 1 rings (SSSR count). The van der Waals surface area contributed by atoms with Crippen LogP contribution in [-0.2, 0) is 9.59 Å². The Kier molecular flexibility index (Phi) is 7.23. The lowest BCUT2D eigenvalue weighted by Gasteiger charge is -2.23. The van der Waals surface area contributed by atoms with E-state index in [1.54, 1.807) is 18.8 Å². The van der Waals surface area contributed by atoms with Crippen molar-refractivity contribution in [3.05, 3.63) is 29.3 Å². The Balaban J connectivity index is 2.36. The van der Waals surface area contributed by atoms with E-state index in [1.165, 1.54) is 4.90 Å². The normalized spacial score (nSPS) is 11.1. The van der Waals surface area contributed by atoms with E-state index in [-0.39, 0.29) is 23.9 Å². The fourth-order valence-electron chi connectivity index (χ4n) is 1.76. The highest BCUT2D eigenvalue weighted by atomic mass is 35.5. The predicted molar refractivity (Wildman–Crippen MR) is 92.3 cm³/mol. The average molecular weight is 343 g/mol. The number of rotatable bonds is 6. The number of likely N-dealkylation sites (N-methyl/N-ethyl adjacent to an activating group) is 1. The van der Waals surface area contributed by atoms with Gasteiger partial charge in [-0.1, -0.05) is 23.7 Å². The number of halogens is 1. The zero-order valence-corrected chi connectivity index (χ0v) is 15.1. The first-order chi connectivity index (χ1) is 10.2. The van der Waals surface area contributed by atoms with Crippen LogP contribution in [0.3, 0.4) is 0 Å². The van der Waals surface area contributed by atoms with E-state index in [9.17, 15) is 9.59 Å². The second-order valence-electron chi connectivity index (χ2n) is 6.08. The van der Waals surface area contributed by atoms with E-state index < -0.39 is 0 Å². The van der Waals surface area contributed by atoms with Crippen LogP contribution in [-0.4, -0.2) is 41.6 Å². The summed E-state index contributed by atoms with van der Waals surface area (Å²) in [5.41, 5.74) is -0.291. The van der Waals surface area contributed by atoms with Crippen LogP contribution in [0.2, 0.25) is 5.02 Å². The average Bonchev–Trinajstić information content (AvgIpc) is 2.38. The maximum absolute atomic E-state index is 12.0. The van der Waals surface area contributed by atoms with Crippen molar-refractivity contribution >= 4 is 35.2 Å². The molecule has 0 aliphatic rings. The number of amides is 2. The third-order valence-electron chi connectivity index (χ3n) is 2.73. The van der Waals surface area contributed by atoms with Gasteiger partial charge in [-0.25, -0.2) is 0 Å². The predicted octanol–water partition coefficient (Wildman–Crippen LogP) is 3.20. The van der Waals surface area contributed by atoms with E-state index in [0.29, 0.717) is 17.2 Å². The summed E-state index contributed by atoms with van der Waals surface area (Å²) in [6.45, 7) is 5.81. The molecule has 0 aliphatic heterocycles. The Morgan fingerprint density at radius 1 is 1.27 bits per heavy atom. The molecule has 0 aromatic heterocycles. The van der Waals surface area contributed by atoms with Gasteiger partial charge in [-0.3, -0.25) is 9.59 Å². The van der Waals surface area contributed by atoms with Gasteiger partial charge >= 0.3 is 0 Å². The largest absolute Gasteiger partial charge is 0.350 e. The number of carbonyl (C=O) groups is 2. The zero-order valence-electron chi connectivity index (χ0n) is 13.5. The molecule has 0 aliphatic carbocycles. The number of hydrogen-bond donors (Lipinski definition) is 1. The number of hydrogen-bond acceptors (Lipinski definition) is 3. The minimum Gasteiger partial charge on any atom is -0.350 e. The summed E-state index contributed by atoms with van der Waals surface area (Å²) in [5, 5.41) is 3.53. The standard InChI is InChI=1S/C16H23ClN2O2S/c1-16(2,3)18-14(20)11-19(4)15(21)9-10-22-13-8-6-5-7-12(13)17/h5-8H,9-11H2,1-4H3,(H,18,20). The molecule has 122 valence electrons. The number of nitrogens with one attached hydrogen (secondary N) is 1. The molecule has 22 heavy (non-hydrogen) atoms. The summed E-state index contributed by atoms with van der Waals surface area (Å²) < 4.78 is 0. The van der Waals surface area contributed by atoms with Gasteiger partial charge in [-0.05, 0) is 32.9 Å². The molecule has 2 amide bonds. The van der Waals surface area contributed by atoms with Crippen LogP contribution >= 0.6 is 23.4 Å². The SMILES string of the molecule is CN(CC(=O)NC(C)(C)C)C(=O)CCSc1ccccc1Cl. The van der Waals surface area contributed by atoms with Crippen LogP contribution in [0.4, 0.5) is 0 Å². The van der Waals surface area contributed by atoms with E-state index in [0.717, 1.165) is 4.90 Å². The second-order valence-corrected chi connectivity index (χ2v) is 7.62. The number of carbonyl (C=O) groups excluding carboxylic acids is 2. The third kappa shape index (κ3) is 7.18. The molecule has 4 nitrogen and oxygen atoms in total. The van der Waals surface area contributed by atoms with Gasteiger partial charge in [-0.15, -0.1) is 11.8 Å². The van der Waals surface area contributed by atoms with E-state index in [4.69, 9.17) is 11.6 Å². The zero-order chi connectivity index (χ0) is 16.8. The summed E-state index contributed by atoms with van der Waals surface area (Å²) in [6.07, 6.45) is 0.370. The van der Waals surface area contributed by atoms with Gasteiger partial charge in [0.05, 0.1) is 11.6 Å². The maximum atomic E-state index is 12.0. The van der Waals surface area contributed by atoms with E-state index in [1.807, 2.05) is 45.0 Å². The van der Waals surface area contributed by atoms with Gasteiger partial charge in [-0.2, -0.15) is 0 Å². The molecule has 0 unspecified atom stereocenters. The molecular formula is C16H23ClN2O2S. The summed E-state index contributed by atoms with van der Waals surface area (Å²) in [5.74, 6) is 0.430. The maximum Gasteiger partial charge on any atom is 0.240 e. The summed E-state index contributed by atoms with van der Waals surface area (Å²) in [4.78, 5) is 26.2. The number of thioether (sulfide) groups is 1.